The van der Waals surface area contributed by atoms with Crippen LogP contribution in [0.3, 0.4) is 0 Å². The molecule has 0 spiro atoms. The van der Waals surface area contributed by atoms with E-state index >= 15 is 0 Å². The molecule has 1 amide bonds. The van der Waals surface area contributed by atoms with Crippen molar-refractivity contribution in [2.45, 2.75) is 43.2 Å². The van der Waals surface area contributed by atoms with Gasteiger partial charge in [0.05, 0.1) is 10.7 Å². The van der Waals surface area contributed by atoms with Crippen molar-refractivity contribution >= 4 is 43.3 Å². The summed E-state index contributed by atoms with van der Waals surface area (Å²) in [7, 11) is -2.67. The molecule has 0 fully saturated rings. The van der Waals surface area contributed by atoms with Crippen molar-refractivity contribution in [3.63, 3.8) is 0 Å². The van der Waals surface area contributed by atoms with Gasteiger partial charge in [-0.15, -0.1) is 0 Å². The fourth-order valence-electron chi connectivity index (χ4n) is 1.80. The quantitative estimate of drug-likeness (QED) is 0.431. The van der Waals surface area contributed by atoms with Crippen LogP contribution in [0.5, 0.6) is 0 Å². The van der Waals surface area contributed by atoms with E-state index in [9.17, 15) is 18.0 Å². The summed E-state index contributed by atoms with van der Waals surface area (Å²) in [5.41, 5.74) is -2.97. The number of thiocyanates is 1. The highest BCUT2D eigenvalue weighted by Crippen LogP contribution is 2.37. The molecule has 0 heterocycles. The van der Waals surface area contributed by atoms with Crippen LogP contribution >= 0.6 is 23.4 Å². The third-order valence-corrected chi connectivity index (χ3v) is 4.75. The van der Waals surface area contributed by atoms with Gasteiger partial charge in [0.1, 0.15) is 5.40 Å². The Hall–Kier alpha value is -1.21. The third-order valence-electron chi connectivity index (χ3n) is 2.84. The van der Waals surface area contributed by atoms with Gasteiger partial charge >= 0.3 is 6.18 Å². The molecule has 1 aromatic rings. The number of anilines is 1. The Morgan fingerprint density at radius 1 is 1.38 bits per heavy atom. The van der Waals surface area contributed by atoms with E-state index in [1.165, 1.54) is 18.2 Å². The molecular weight excluding hydrogens is 381 g/mol. The standard InChI is InChI=1S/C14H16ClF3N2O2SSi/c1-13(14(16,17)18,22-24(2,3)4)12(21)20-11-6-5-9(23-8-19)7-10(11)15/h5-7H,1-4H3,(H,20,21)/t13-/m1/s1. The molecule has 0 bridgehead atoms. The number of amides is 1. The minimum absolute atomic E-state index is 0.0126. The Balaban J connectivity index is 3.12. The number of carbonyl (C=O) groups excluding carboxylic acids is 1. The maximum absolute atomic E-state index is 13.4. The molecule has 0 aromatic heterocycles. The number of nitriles is 1. The summed E-state index contributed by atoms with van der Waals surface area (Å²) in [6.45, 7) is 5.38. The van der Waals surface area contributed by atoms with Crippen LogP contribution in [-0.2, 0) is 9.22 Å². The zero-order chi connectivity index (χ0) is 18.8. The maximum atomic E-state index is 13.4. The Bertz CT molecular complexity index is 673. The zero-order valence-corrected chi connectivity index (χ0v) is 16.0. The van der Waals surface area contributed by atoms with Crippen molar-refractivity contribution < 1.29 is 22.4 Å². The molecular formula is C14H16ClF3N2O2SSi. The van der Waals surface area contributed by atoms with Crippen molar-refractivity contribution in [1.29, 1.82) is 5.26 Å². The molecule has 1 aromatic carbocycles. The molecule has 0 aliphatic rings. The van der Waals surface area contributed by atoms with Crippen LogP contribution in [0.15, 0.2) is 23.1 Å². The van der Waals surface area contributed by atoms with Gasteiger partial charge in [-0.2, -0.15) is 18.4 Å². The van der Waals surface area contributed by atoms with Crippen LogP contribution in [0.4, 0.5) is 18.9 Å². The molecule has 1 atom stereocenters. The lowest BCUT2D eigenvalue weighted by Gasteiger charge is -2.36. The van der Waals surface area contributed by atoms with Crippen molar-refractivity contribution in [1.82, 2.24) is 0 Å². The second-order valence-electron chi connectivity index (χ2n) is 6.03. The second-order valence-corrected chi connectivity index (χ2v) is 11.7. The number of hydrogen-bond donors (Lipinski definition) is 1. The molecule has 0 unspecified atom stereocenters. The van der Waals surface area contributed by atoms with E-state index in [1.54, 1.807) is 19.6 Å². The van der Waals surface area contributed by atoms with Gasteiger partial charge in [0.2, 0.25) is 5.60 Å². The van der Waals surface area contributed by atoms with E-state index in [0.717, 1.165) is 11.8 Å². The molecule has 1 N–H and O–H groups in total. The number of nitrogens with one attached hydrogen (secondary N) is 1. The Morgan fingerprint density at radius 2 is 1.96 bits per heavy atom. The Kier molecular flexibility index (Phi) is 6.38. The smallest absolute Gasteiger partial charge is 0.397 e. The summed E-state index contributed by atoms with van der Waals surface area (Å²) >= 11 is 6.80. The van der Waals surface area contributed by atoms with E-state index in [4.69, 9.17) is 21.3 Å². The van der Waals surface area contributed by atoms with Crippen molar-refractivity contribution in [3.05, 3.63) is 23.2 Å². The molecule has 10 heteroatoms. The van der Waals surface area contributed by atoms with Gasteiger partial charge in [-0.3, -0.25) is 4.79 Å². The highest BCUT2D eigenvalue weighted by atomic mass is 35.5. The van der Waals surface area contributed by atoms with Gasteiger partial charge in [0.25, 0.3) is 5.91 Å². The first kappa shape index (κ1) is 20.8. The van der Waals surface area contributed by atoms with E-state index in [1.807, 2.05) is 5.40 Å². The van der Waals surface area contributed by atoms with Crippen molar-refractivity contribution in [3.8, 4) is 5.40 Å². The monoisotopic (exact) mass is 396 g/mol. The first-order chi connectivity index (χ1) is 10.8. The highest BCUT2D eigenvalue weighted by Gasteiger charge is 2.59. The minimum Gasteiger partial charge on any atom is -0.397 e. The number of benzene rings is 1. The van der Waals surface area contributed by atoms with Crippen LogP contribution < -0.4 is 5.32 Å². The lowest BCUT2D eigenvalue weighted by atomic mass is 10.1. The summed E-state index contributed by atoms with van der Waals surface area (Å²) in [5.74, 6) is -1.35. The molecule has 1 rings (SSSR count). The van der Waals surface area contributed by atoms with Crippen LogP contribution in [0, 0.1) is 10.7 Å². The average Bonchev–Trinajstić information content (AvgIpc) is 2.38. The number of halogens is 4. The molecule has 132 valence electrons. The van der Waals surface area contributed by atoms with Crippen molar-refractivity contribution in [2.75, 3.05) is 5.32 Å². The van der Waals surface area contributed by atoms with Crippen LogP contribution in [0.2, 0.25) is 24.7 Å². The van der Waals surface area contributed by atoms with Gasteiger partial charge in [0, 0.05) is 4.90 Å². The zero-order valence-electron chi connectivity index (χ0n) is 13.4. The topological polar surface area (TPSA) is 62.1 Å². The largest absolute Gasteiger partial charge is 0.425 e. The molecule has 0 aliphatic carbocycles. The molecule has 0 saturated carbocycles. The van der Waals surface area contributed by atoms with Gasteiger partial charge in [-0.25, -0.2) is 0 Å². The number of thioether (sulfide) groups is 1. The Morgan fingerprint density at radius 3 is 2.38 bits per heavy atom. The normalized spacial score (nSPS) is 14.6. The fraction of sp³-hybridized carbons (Fsp3) is 0.429. The summed E-state index contributed by atoms with van der Waals surface area (Å²) < 4.78 is 45.4. The fourth-order valence-corrected chi connectivity index (χ4v) is 3.94. The number of hydrogen-bond acceptors (Lipinski definition) is 4. The summed E-state index contributed by atoms with van der Waals surface area (Å²) in [6.07, 6.45) is -4.89. The van der Waals surface area contributed by atoms with Crippen LogP contribution in [-0.4, -0.2) is 26.0 Å². The summed E-state index contributed by atoms with van der Waals surface area (Å²) in [5, 5.41) is 12.6. The molecule has 24 heavy (non-hydrogen) atoms. The number of alkyl halides is 3. The highest BCUT2D eigenvalue weighted by molar-refractivity contribution is 8.03. The average molecular weight is 397 g/mol. The molecule has 0 saturated heterocycles. The third kappa shape index (κ3) is 5.14. The van der Waals surface area contributed by atoms with Crippen molar-refractivity contribution in [2.24, 2.45) is 0 Å². The molecule has 0 radical (unpaired) electrons. The molecule has 0 aliphatic heterocycles. The minimum atomic E-state index is -4.89. The lowest BCUT2D eigenvalue weighted by Crippen LogP contribution is -2.58. The second kappa shape index (κ2) is 7.35. The Labute approximate surface area is 148 Å². The number of carbonyl (C=O) groups is 1. The van der Waals surface area contributed by atoms with E-state index in [2.05, 4.69) is 5.32 Å². The van der Waals surface area contributed by atoms with Crippen LogP contribution in [0.1, 0.15) is 6.92 Å². The maximum Gasteiger partial charge on any atom is 0.425 e. The number of nitrogens with zero attached hydrogens (tertiary/aromatic N) is 1. The summed E-state index contributed by atoms with van der Waals surface area (Å²) in [6, 6.07) is 4.19. The lowest BCUT2D eigenvalue weighted by molar-refractivity contribution is -0.236. The van der Waals surface area contributed by atoms with E-state index < -0.39 is 26.0 Å². The van der Waals surface area contributed by atoms with E-state index in [-0.39, 0.29) is 10.7 Å². The first-order valence-electron chi connectivity index (χ1n) is 6.74. The van der Waals surface area contributed by atoms with Gasteiger partial charge < -0.3 is 9.74 Å². The van der Waals surface area contributed by atoms with Gasteiger partial charge in [0.15, 0.2) is 8.32 Å². The van der Waals surface area contributed by atoms with E-state index in [0.29, 0.717) is 11.8 Å². The predicted octanol–water partition coefficient (Wildman–Crippen LogP) is 5.02. The molecule has 4 nitrogen and oxygen atoms in total. The predicted molar refractivity (Wildman–Crippen MR) is 90.4 cm³/mol. The number of rotatable bonds is 5. The SMILES string of the molecule is C[C@@](O[Si](C)(C)C)(C(=O)Nc1ccc(SC#N)cc1Cl)C(F)(F)F. The van der Waals surface area contributed by atoms with Crippen LogP contribution in [0.25, 0.3) is 0 Å². The summed E-state index contributed by atoms with van der Waals surface area (Å²) in [4.78, 5) is 12.8. The first-order valence-corrected chi connectivity index (χ1v) is 11.3. The van der Waals surface area contributed by atoms with Gasteiger partial charge in [-0.1, -0.05) is 11.6 Å². The van der Waals surface area contributed by atoms with Gasteiger partial charge in [-0.05, 0) is 56.5 Å².